The molecule has 0 radical (unpaired) electrons. The molecular weight excluding hydrogens is 288 g/mol. The van der Waals surface area contributed by atoms with Crippen LogP contribution < -0.4 is 10.6 Å². The van der Waals surface area contributed by atoms with Crippen molar-refractivity contribution in [1.82, 2.24) is 0 Å². The van der Waals surface area contributed by atoms with Gasteiger partial charge in [-0.1, -0.05) is 37.6 Å². The highest BCUT2D eigenvalue weighted by Crippen LogP contribution is 2.31. The second-order valence-corrected chi connectivity index (χ2v) is 5.77. The maximum Gasteiger partial charge on any atom is 0.411 e. The van der Waals surface area contributed by atoms with Crippen LogP contribution in [0.5, 0.6) is 0 Å². The molecule has 120 valence electrons. The molecule has 0 saturated carbocycles. The molecule has 0 unspecified atom stereocenters. The third-order valence-corrected chi connectivity index (χ3v) is 4.04. The minimum atomic E-state index is -0.396. The lowest BCUT2D eigenvalue weighted by Crippen LogP contribution is -2.14. The lowest BCUT2D eigenvalue weighted by Gasteiger charge is -2.12. The van der Waals surface area contributed by atoms with E-state index in [-0.39, 0.29) is 0 Å². The van der Waals surface area contributed by atoms with Gasteiger partial charge >= 0.3 is 6.09 Å². The van der Waals surface area contributed by atoms with E-state index >= 15 is 0 Å². The Morgan fingerprint density at radius 2 is 1.91 bits per heavy atom. The third-order valence-electron chi connectivity index (χ3n) is 4.04. The number of hydrogen-bond acceptors (Lipinski definition) is 3. The fraction of sp³-hybridized carbons (Fsp3) is 0.316. The summed E-state index contributed by atoms with van der Waals surface area (Å²) in [5, 5.41) is 6.27. The van der Waals surface area contributed by atoms with Gasteiger partial charge in [-0.15, -0.1) is 0 Å². The number of carbonyl (C=O) groups excluding carboxylic acids is 1. The van der Waals surface area contributed by atoms with Crippen LogP contribution in [0.15, 0.2) is 42.5 Å². The molecule has 2 aromatic carbocycles. The van der Waals surface area contributed by atoms with E-state index in [1.165, 1.54) is 11.1 Å². The summed E-state index contributed by atoms with van der Waals surface area (Å²) < 4.78 is 5.14. The molecule has 0 spiro atoms. The molecule has 0 aliphatic carbocycles. The van der Waals surface area contributed by atoms with Crippen LogP contribution in [0.2, 0.25) is 0 Å². The molecule has 1 aliphatic rings. The minimum absolute atomic E-state index is 0.396. The van der Waals surface area contributed by atoms with E-state index in [1.54, 1.807) is 0 Å². The highest BCUT2D eigenvalue weighted by molar-refractivity contribution is 5.86. The molecule has 1 heterocycles. The Morgan fingerprint density at radius 1 is 1.13 bits per heavy atom. The number of aryl methyl sites for hydroxylation is 2. The van der Waals surface area contributed by atoms with Crippen LogP contribution in [-0.2, 0) is 17.6 Å². The quantitative estimate of drug-likeness (QED) is 0.791. The predicted octanol–water partition coefficient (Wildman–Crippen LogP) is 4.88. The van der Waals surface area contributed by atoms with Gasteiger partial charge < -0.3 is 10.1 Å². The van der Waals surface area contributed by atoms with Crippen molar-refractivity contribution in [2.45, 2.75) is 32.6 Å². The van der Waals surface area contributed by atoms with E-state index in [0.29, 0.717) is 6.61 Å². The molecule has 4 nitrogen and oxygen atoms in total. The van der Waals surface area contributed by atoms with Crippen LogP contribution in [-0.4, -0.2) is 12.7 Å². The van der Waals surface area contributed by atoms with E-state index in [2.05, 4.69) is 41.8 Å². The number of fused-ring (bicyclic) bond motifs is 2. The third kappa shape index (κ3) is 3.83. The molecule has 1 aliphatic heterocycles. The van der Waals surface area contributed by atoms with Gasteiger partial charge in [-0.2, -0.15) is 0 Å². The van der Waals surface area contributed by atoms with E-state index in [0.717, 1.165) is 42.7 Å². The van der Waals surface area contributed by atoms with Gasteiger partial charge in [0.05, 0.1) is 6.61 Å². The van der Waals surface area contributed by atoms with Crippen LogP contribution in [0.3, 0.4) is 0 Å². The van der Waals surface area contributed by atoms with Gasteiger partial charge in [0.2, 0.25) is 0 Å². The molecule has 0 atom stereocenters. The second kappa shape index (κ2) is 7.18. The van der Waals surface area contributed by atoms with Crippen LogP contribution in [0.4, 0.5) is 21.9 Å². The van der Waals surface area contributed by atoms with Crippen molar-refractivity contribution in [3.8, 4) is 0 Å². The van der Waals surface area contributed by atoms with Gasteiger partial charge in [0, 0.05) is 17.1 Å². The first-order chi connectivity index (χ1) is 11.3. The van der Waals surface area contributed by atoms with Gasteiger partial charge in [-0.25, -0.2) is 4.79 Å². The monoisotopic (exact) mass is 310 g/mol. The molecule has 23 heavy (non-hydrogen) atoms. The molecule has 0 bridgehead atoms. The lowest BCUT2D eigenvalue weighted by molar-refractivity contribution is 0.160. The Hall–Kier alpha value is -2.49. The Morgan fingerprint density at radius 3 is 2.74 bits per heavy atom. The van der Waals surface area contributed by atoms with Crippen LogP contribution in [0.25, 0.3) is 0 Å². The number of benzene rings is 2. The summed E-state index contributed by atoms with van der Waals surface area (Å²) in [7, 11) is 0. The van der Waals surface area contributed by atoms with E-state index in [4.69, 9.17) is 4.74 Å². The lowest BCUT2D eigenvalue weighted by atomic mass is 10.0. The van der Waals surface area contributed by atoms with Crippen LogP contribution in [0.1, 0.15) is 30.9 Å². The molecule has 2 aromatic rings. The number of ether oxygens (including phenoxy) is 1. The molecule has 3 rings (SSSR count). The number of anilines is 3. The first kappa shape index (κ1) is 15.4. The Labute approximate surface area is 136 Å². The molecule has 0 aromatic heterocycles. The minimum Gasteiger partial charge on any atom is -0.449 e. The summed E-state index contributed by atoms with van der Waals surface area (Å²) >= 11 is 0. The first-order valence-corrected chi connectivity index (χ1v) is 8.18. The smallest absolute Gasteiger partial charge is 0.411 e. The maximum absolute atomic E-state index is 11.8. The molecule has 0 fully saturated rings. The van der Waals surface area contributed by atoms with Gasteiger partial charge in [0.25, 0.3) is 0 Å². The fourth-order valence-electron chi connectivity index (χ4n) is 2.73. The van der Waals surface area contributed by atoms with Crippen molar-refractivity contribution < 1.29 is 9.53 Å². The fourth-order valence-corrected chi connectivity index (χ4v) is 2.73. The highest BCUT2D eigenvalue weighted by Gasteiger charge is 2.13. The summed E-state index contributed by atoms with van der Waals surface area (Å²) in [6.45, 7) is 2.52. The topological polar surface area (TPSA) is 50.4 Å². The van der Waals surface area contributed by atoms with Crippen molar-refractivity contribution in [1.29, 1.82) is 0 Å². The number of hydrogen-bond donors (Lipinski definition) is 2. The number of rotatable bonds is 4. The standard InChI is InChI=1S/C19H22N2O2/c1-2-3-12-23-19(22)20-16-11-10-15-9-8-14-6-4-5-7-17(14)21-18(15)13-16/h4-7,10-11,13,21H,2-3,8-9,12H2,1H3,(H,20,22). The SMILES string of the molecule is CCCCOC(=O)Nc1ccc2c(c1)Nc1ccccc1CC2. The zero-order valence-electron chi connectivity index (χ0n) is 13.4. The molecular formula is C19H22N2O2. The Balaban J connectivity index is 1.72. The van der Waals surface area contributed by atoms with Crippen molar-refractivity contribution in [3.05, 3.63) is 53.6 Å². The predicted molar refractivity (Wildman–Crippen MR) is 93.5 cm³/mol. The number of carbonyl (C=O) groups is 1. The maximum atomic E-state index is 11.8. The van der Waals surface area contributed by atoms with E-state index in [9.17, 15) is 4.79 Å². The normalized spacial score (nSPS) is 12.4. The Kier molecular flexibility index (Phi) is 4.81. The summed E-state index contributed by atoms with van der Waals surface area (Å²) in [5.74, 6) is 0. The zero-order valence-corrected chi connectivity index (χ0v) is 13.4. The largest absolute Gasteiger partial charge is 0.449 e. The van der Waals surface area contributed by atoms with Gasteiger partial charge in [0.15, 0.2) is 0 Å². The molecule has 2 N–H and O–H groups in total. The first-order valence-electron chi connectivity index (χ1n) is 8.18. The Bertz CT molecular complexity index is 698. The molecule has 1 amide bonds. The highest BCUT2D eigenvalue weighted by atomic mass is 16.5. The van der Waals surface area contributed by atoms with Gasteiger partial charge in [-0.05, 0) is 48.6 Å². The average Bonchev–Trinajstić information content (AvgIpc) is 2.73. The van der Waals surface area contributed by atoms with Crippen molar-refractivity contribution in [2.75, 3.05) is 17.2 Å². The number of amides is 1. The van der Waals surface area contributed by atoms with Crippen molar-refractivity contribution in [3.63, 3.8) is 0 Å². The number of unbranched alkanes of at least 4 members (excludes halogenated alkanes) is 1. The van der Waals surface area contributed by atoms with Crippen LogP contribution in [0, 0.1) is 0 Å². The molecule has 0 saturated heterocycles. The average molecular weight is 310 g/mol. The van der Waals surface area contributed by atoms with Gasteiger partial charge in [-0.3, -0.25) is 5.32 Å². The van der Waals surface area contributed by atoms with Crippen molar-refractivity contribution >= 4 is 23.2 Å². The molecule has 4 heteroatoms. The number of nitrogens with one attached hydrogen (secondary N) is 2. The summed E-state index contributed by atoms with van der Waals surface area (Å²) in [4.78, 5) is 11.8. The summed E-state index contributed by atoms with van der Waals surface area (Å²) in [5.41, 5.74) is 5.50. The van der Waals surface area contributed by atoms with Crippen LogP contribution >= 0.6 is 0 Å². The zero-order chi connectivity index (χ0) is 16.1. The summed E-state index contributed by atoms with van der Waals surface area (Å²) in [6.07, 6.45) is 3.50. The van der Waals surface area contributed by atoms with Gasteiger partial charge in [0.1, 0.15) is 0 Å². The second-order valence-electron chi connectivity index (χ2n) is 5.77. The summed E-state index contributed by atoms with van der Waals surface area (Å²) in [6, 6.07) is 14.3. The number of para-hydroxylation sites is 1. The van der Waals surface area contributed by atoms with Crippen molar-refractivity contribution in [2.24, 2.45) is 0 Å². The van der Waals surface area contributed by atoms with E-state index < -0.39 is 6.09 Å². The van der Waals surface area contributed by atoms with E-state index in [1.807, 2.05) is 18.2 Å².